The number of rotatable bonds is 3. The van der Waals surface area contributed by atoms with Crippen molar-refractivity contribution in [2.24, 2.45) is 0 Å². The maximum Gasteiger partial charge on any atom is 0.243 e. The molecule has 130 valence electrons. The number of hydrogen-bond acceptors (Lipinski definition) is 2. The Morgan fingerprint density at radius 3 is 2.56 bits per heavy atom. The molecule has 1 unspecified atom stereocenters. The van der Waals surface area contributed by atoms with Gasteiger partial charge in [0.1, 0.15) is 0 Å². The SMILES string of the molecule is Cc1ccc(S(=O)(=O)N2CCCCC2c2cc3ccccc3[nH]2)cc1. The summed E-state index contributed by atoms with van der Waals surface area (Å²) in [6, 6.07) is 17.2. The number of benzene rings is 2. The second-order valence-electron chi connectivity index (χ2n) is 6.75. The molecular formula is C20H22N2O2S. The van der Waals surface area contributed by atoms with Gasteiger partial charge in [-0.05, 0) is 49.4 Å². The number of aromatic amines is 1. The van der Waals surface area contributed by atoms with Gasteiger partial charge in [0.05, 0.1) is 10.9 Å². The third-order valence-electron chi connectivity index (χ3n) is 4.99. The Morgan fingerprint density at radius 2 is 1.80 bits per heavy atom. The van der Waals surface area contributed by atoms with Crippen molar-refractivity contribution < 1.29 is 8.42 Å². The highest BCUT2D eigenvalue weighted by Crippen LogP contribution is 2.36. The van der Waals surface area contributed by atoms with Crippen molar-refractivity contribution in [1.82, 2.24) is 9.29 Å². The Labute approximate surface area is 148 Å². The van der Waals surface area contributed by atoms with Crippen LogP contribution in [0, 0.1) is 6.92 Å². The van der Waals surface area contributed by atoms with E-state index < -0.39 is 10.0 Å². The van der Waals surface area contributed by atoms with E-state index in [-0.39, 0.29) is 6.04 Å². The van der Waals surface area contributed by atoms with Crippen LogP contribution in [0.5, 0.6) is 0 Å². The van der Waals surface area contributed by atoms with Gasteiger partial charge in [-0.3, -0.25) is 0 Å². The molecule has 1 N–H and O–H groups in total. The number of aromatic nitrogens is 1. The number of hydrogen-bond donors (Lipinski definition) is 1. The lowest BCUT2D eigenvalue weighted by molar-refractivity contribution is 0.252. The molecule has 5 heteroatoms. The first-order valence-electron chi connectivity index (χ1n) is 8.72. The third-order valence-corrected chi connectivity index (χ3v) is 6.91. The van der Waals surface area contributed by atoms with E-state index in [1.54, 1.807) is 16.4 Å². The minimum Gasteiger partial charge on any atom is -0.357 e. The van der Waals surface area contributed by atoms with E-state index in [1.807, 2.05) is 37.3 Å². The van der Waals surface area contributed by atoms with Crippen LogP contribution in [0.1, 0.15) is 36.6 Å². The first-order valence-corrected chi connectivity index (χ1v) is 10.2. The Kier molecular flexibility index (Phi) is 4.13. The number of H-pyrrole nitrogens is 1. The molecule has 0 bridgehead atoms. The summed E-state index contributed by atoms with van der Waals surface area (Å²) in [5.41, 5.74) is 3.09. The van der Waals surface area contributed by atoms with Gasteiger partial charge in [0.25, 0.3) is 0 Å². The van der Waals surface area contributed by atoms with Crippen LogP contribution in [0.3, 0.4) is 0 Å². The highest BCUT2D eigenvalue weighted by Gasteiger charge is 2.35. The van der Waals surface area contributed by atoms with Crippen LogP contribution >= 0.6 is 0 Å². The second kappa shape index (κ2) is 6.32. The maximum absolute atomic E-state index is 13.2. The summed E-state index contributed by atoms with van der Waals surface area (Å²) in [7, 11) is -3.50. The fourth-order valence-electron chi connectivity index (χ4n) is 3.62. The van der Waals surface area contributed by atoms with Crippen LogP contribution in [0.2, 0.25) is 0 Å². The number of piperidine rings is 1. The fraction of sp³-hybridized carbons (Fsp3) is 0.300. The molecule has 1 aromatic heterocycles. The van der Waals surface area contributed by atoms with E-state index in [2.05, 4.69) is 17.1 Å². The van der Waals surface area contributed by atoms with Crippen molar-refractivity contribution in [3.8, 4) is 0 Å². The maximum atomic E-state index is 13.2. The zero-order chi connectivity index (χ0) is 17.4. The van der Waals surface area contributed by atoms with Crippen molar-refractivity contribution in [2.45, 2.75) is 37.1 Å². The minimum atomic E-state index is -3.50. The predicted molar refractivity (Wildman–Crippen MR) is 100.0 cm³/mol. The highest BCUT2D eigenvalue weighted by atomic mass is 32.2. The van der Waals surface area contributed by atoms with E-state index >= 15 is 0 Å². The molecule has 1 atom stereocenters. The molecule has 0 spiro atoms. The lowest BCUT2D eigenvalue weighted by Crippen LogP contribution is -2.38. The van der Waals surface area contributed by atoms with Crippen molar-refractivity contribution in [3.05, 3.63) is 65.9 Å². The molecule has 3 aromatic rings. The number of nitrogens with zero attached hydrogens (tertiary/aromatic N) is 1. The lowest BCUT2D eigenvalue weighted by atomic mass is 10.0. The fourth-order valence-corrected chi connectivity index (χ4v) is 5.30. The zero-order valence-corrected chi connectivity index (χ0v) is 15.1. The van der Waals surface area contributed by atoms with Crippen LogP contribution < -0.4 is 0 Å². The van der Waals surface area contributed by atoms with E-state index in [0.717, 1.165) is 41.4 Å². The van der Waals surface area contributed by atoms with Gasteiger partial charge in [0.15, 0.2) is 0 Å². The normalized spacial score (nSPS) is 19.3. The summed E-state index contributed by atoms with van der Waals surface area (Å²) in [6.45, 7) is 2.53. The van der Waals surface area contributed by atoms with E-state index in [1.165, 1.54) is 0 Å². The number of aryl methyl sites for hydroxylation is 1. The van der Waals surface area contributed by atoms with E-state index in [4.69, 9.17) is 0 Å². The minimum absolute atomic E-state index is 0.132. The van der Waals surface area contributed by atoms with Gasteiger partial charge >= 0.3 is 0 Å². The molecule has 4 rings (SSSR count). The molecule has 0 saturated carbocycles. The van der Waals surface area contributed by atoms with Crippen LogP contribution in [0.25, 0.3) is 10.9 Å². The van der Waals surface area contributed by atoms with Crippen LogP contribution in [-0.4, -0.2) is 24.3 Å². The standard InChI is InChI=1S/C20H22N2O2S/c1-15-9-11-17(12-10-15)25(23,24)22-13-5-4-8-20(22)19-14-16-6-2-3-7-18(16)21-19/h2-3,6-7,9-12,14,20-21H,4-5,8,13H2,1H3. The molecule has 0 radical (unpaired) electrons. The average molecular weight is 354 g/mol. The van der Waals surface area contributed by atoms with Crippen LogP contribution in [0.15, 0.2) is 59.5 Å². The Morgan fingerprint density at radius 1 is 1.04 bits per heavy atom. The molecule has 2 aromatic carbocycles. The number of para-hydroxylation sites is 1. The summed E-state index contributed by atoms with van der Waals surface area (Å²) < 4.78 is 28.1. The first-order chi connectivity index (χ1) is 12.1. The van der Waals surface area contributed by atoms with Crippen molar-refractivity contribution in [1.29, 1.82) is 0 Å². The number of nitrogens with one attached hydrogen (secondary N) is 1. The summed E-state index contributed by atoms with van der Waals surface area (Å²) in [5.74, 6) is 0. The molecule has 25 heavy (non-hydrogen) atoms. The van der Waals surface area contributed by atoms with E-state index in [0.29, 0.717) is 11.4 Å². The lowest BCUT2D eigenvalue weighted by Gasteiger charge is -2.34. The molecular weight excluding hydrogens is 332 g/mol. The van der Waals surface area contributed by atoms with Crippen molar-refractivity contribution in [2.75, 3.05) is 6.54 Å². The molecule has 4 nitrogen and oxygen atoms in total. The van der Waals surface area contributed by atoms with E-state index in [9.17, 15) is 8.42 Å². The Balaban J connectivity index is 1.74. The van der Waals surface area contributed by atoms with Crippen molar-refractivity contribution >= 4 is 20.9 Å². The third kappa shape index (κ3) is 2.98. The monoisotopic (exact) mass is 354 g/mol. The molecule has 1 aliphatic heterocycles. The summed E-state index contributed by atoms with van der Waals surface area (Å²) >= 11 is 0. The number of sulfonamides is 1. The summed E-state index contributed by atoms with van der Waals surface area (Å²) in [6.07, 6.45) is 2.79. The molecule has 0 amide bonds. The Hall–Kier alpha value is -2.11. The smallest absolute Gasteiger partial charge is 0.243 e. The van der Waals surface area contributed by atoms with Gasteiger partial charge in [-0.2, -0.15) is 4.31 Å². The largest absolute Gasteiger partial charge is 0.357 e. The van der Waals surface area contributed by atoms with Gasteiger partial charge in [-0.25, -0.2) is 8.42 Å². The first kappa shape index (κ1) is 16.4. The van der Waals surface area contributed by atoms with Crippen LogP contribution in [0.4, 0.5) is 0 Å². The molecule has 1 aliphatic rings. The molecule has 2 heterocycles. The highest BCUT2D eigenvalue weighted by molar-refractivity contribution is 7.89. The molecule has 1 fully saturated rings. The topological polar surface area (TPSA) is 53.2 Å². The zero-order valence-electron chi connectivity index (χ0n) is 14.3. The predicted octanol–water partition coefficient (Wildman–Crippen LogP) is 4.39. The molecule has 0 aliphatic carbocycles. The quantitative estimate of drug-likeness (QED) is 0.758. The van der Waals surface area contributed by atoms with Gasteiger partial charge < -0.3 is 4.98 Å². The Bertz CT molecular complexity index is 957. The van der Waals surface area contributed by atoms with Gasteiger partial charge in [-0.1, -0.05) is 42.3 Å². The van der Waals surface area contributed by atoms with Crippen molar-refractivity contribution in [3.63, 3.8) is 0 Å². The van der Waals surface area contributed by atoms with Gasteiger partial charge in [0.2, 0.25) is 10.0 Å². The average Bonchev–Trinajstić information content (AvgIpc) is 3.06. The number of fused-ring (bicyclic) bond motifs is 1. The van der Waals surface area contributed by atoms with Crippen LogP contribution in [-0.2, 0) is 10.0 Å². The summed E-state index contributed by atoms with van der Waals surface area (Å²) in [5, 5.41) is 1.12. The second-order valence-corrected chi connectivity index (χ2v) is 8.64. The van der Waals surface area contributed by atoms with Gasteiger partial charge in [0, 0.05) is 17.8 Å². The van der Waals surface area contributed by atoms with Gasteiger partial charge in [-0.15, -0.1) is 0 Å². The summed E-state index contributed by atoms with van der Waals surface area (Å²) in [4.78, 5) is 3.80. The molecule has 1 saturated heterocycles.